The Hall–Kier alpha value is -1.34. The van der Waals surface area contributed by atoms with Gasteiger partial charge >= 0.3 is 0 Å². The maximum atomic E-state index is 10.1. The lowest BCUT2D eigenvalue weighted by Gasteiger charge is -2.34. The van der Waals surface area contributed by atoms with Crippen molar-refractivity contribution in [3.8, 4) is 5.75 Å². The van der Waals surface area contributed by atoms with Crippen molar-refractivity contribution < 1.29 is 9.84 Å². The quantitative estimate of drug-likeness (QED) is 0.817. The molecule has 130 valence electrons. The summed E-state index contributed by atoms with van der Waals surface area (Å²) >= 11 is 3.57. The zero-order valence-corrected chi connectivity index (χ0v) is 15.7. The summed E-state index contributed by atoms with van der Waals surface area (Å²) in [5.74, 6) is 1.75. The minimum absolute atomic E-state index is 0.338. The van der Waals surface area contributed by atoms with E-state index >= 15 is 0 Å². The van der Waals surface area contributed by atoms with Crippen LogP contribution in [0.2, 0.25) is 0 Å². The van der Waals surface area contributed by atoms with E-state index in [0.29, 0.717) is 6.04 Å². The summed E-state index contributed by atoms with van der Waals surface area (Å²) < 4.78 is 8.63. The van der Waals surface area contributed by atoms with Crippen LogP contribution < -0.4 is 10.1 Å². The van der Waals surface area contributed by atoms with E-state index in [1.165, 1.54) is 0 Å². The Morgan fingerprint density at radius 3 is 2.88 bits per heavy atom. The Kier molecular flexibility index (Phi) is 3.95. The molecule has 3 heterocycles. The molecule has 6 nitrogen and oxygen atoms in total. The predicted molar refractivity (Wildman–Crippen MR) is 95.7 cm³/mol. The van der Waals surface area contributed by atoms with Crippen LogP contribution in [0, 0.1) is 6.92 Å². The van der Waals surface area contributed by atoms with Crippen molar-refractivity contribution in [2.24, 2.45) is 0 Å². The molecule has 1 aliphatic heterocycles. The van der Waals surface area contributed by atoms with Crippen LogP contribution in [-0.4, -0.2) is 38.0 Å². The van der Waals surface area contributed by atoms with Crippen molar-refractivity contribution in [2.45, 2.75) is 64.0 Å². The summed E-state index contributed by atoms with van der Waals surface area (Å²) in [6.45, 7) is 4.61. The minimum atomic E-state index is -0.525. The number of fused-ring (bicyclic) bond motifs is 3. The maximum Gasteiger partial charge on any atom is 0.198 e. The van der Waals surface area contributed by atoms with Gasteiger partial charge in [-0.05, 0) is 68.3 Å². The largest absolute Gasteiger partial charge is 0.489 e. The third-order valence-corrected chi connectivity index (χ3v) is 6.05. The van der Waals surface area contributed by atoms with Crippen molar-refractivity contribution in [3.63, 3.8) is 0 Å². The van der Waals surface area contributed by atoms with Crippen molar-refractivity contribution in [1.29, 1.82) is 0 Å². The van der Waals surface area contributed by atoms with Crippen LogP contribution in [0.25, 0.3) is 5.65 Å². The first kappa shape index (κ1) is 16.1. The van der Waals surface area contributed by atoms with Gasteiger partial charge in [0.2, 0.25) is 0 Å². The Morgan fingerprint density at radius 1 is 1.38 bits per heavy atom. The van der Waals surface area contributed by atoms with Gasteiger partial charge in [-0.1, -0.05) is 0 Å². The molecule has 0 radical (unpaired) electrons. The predicted octanol–water partition coefficient (Wildman–Crippen LogP) is 3.23. The van der Waals surface area contributed by atoms with Gasteiger partial charge in [0, 0.05) is 11.6 Å². The smallest absolute Gasteiger partial charge is 0.198 e. The molecule has 1 saturated carbocycles. The van der Waals surface area contributed by atoms with Crippen LogP contribution in [0.15, 0.2) is 4.60 Å². The van der Waals surface area contributed by atoms with E-state index in [9.17, 15) is 5.11 Å². The molecule has 0 aromatic carbocycles. The topological polar surface area (TPSA) is 71.7 Å². The van der Waals surface area contributed by atoms with Gasteiger partial charge in [-0.3, -0.25) is 0 Å². The zero-order chi connectivity index (χ0) is 16.9. The van der Waals surface area contributed by atoms with Crippen molar-refractivity contribution in [3.05, 3.63) is 15.9 Å². The lowest BCUT2D eigenvalue weighted by molar-refractivity contribution is 0.0196. The lowest BCUT2D eigenvalue weighted by atomic mass is 9.83. The fraction of sp³-hybridized carbons (Fsp3) is 0.647. The summed E-state index contributed by atoms with van der Waals surface area (Å²) in [6.07, 6.45) is 5.49. The number of aryl methyl sites for hydroxylation is 1. The third kappa shape index (κ3) is 2.77. The standard InChI is InChI=1S/C17H23BrN4O2/c1-10-14(18)22-16(19-10)13-12(4-3-9-24-13)15(21-22)20-11-5-7-17(2,23)8-6-11/h11,23H,3-9H2,1-2H3,(H,20,21). The Morgan fingerprint density at radius 2 is 2.12 bits per heavy atom. The van der Waals surface area contributed by atoms with E-state index in [2.05, 4.69) is 26.2 Å². The lowest BCUT2D eigenvalue weighted by Crippen LogP contribution is -2.36. The van der Waals surface area contributed by atoms with E-state index in [1.807, 2.05) is 18.4 Å². The molecule has 24 heavy (non-hydrogen) atoms. The SMILES string of the molecule is Cc1nc2c3c(c(NC4CCC(C)(O)CC4)nn2c1Br)CCCO3. The molecule has 0 amide bonds. The minimum Gasteiger partial charge on any atom is -0.489 e. The number of rotatable bonds is 2. The van der Waals surface area contributed by atoms with E-state index < -0.39 is 5.60 Å². The van der Waals surface area contributed by atoms with Crippen LogP contribution in [-0.2, 0) is 6.42 Å². The number of imidazole rings is 1. The van der Waals surface area contributed by atoms with Crippen LogP contribution in [0.4, 0.5) is 5.82 Å². The van der Waals surface area contributed by atoms with E-state index in [0.717, 1.165) is 78.2 Å². The molecule has 2 aromatic heterocycles. The normalized spacial score (nSPS) is 26.9. The highest BCUT2D eigenvalue weighted by atomic mass is 79.9. The number of nitrogens with zero attached hydrogens (tertiary/aromatic N) is 3. The molecule has 0 atom stereocenters. The van der Waals surface area contributed by atoms with Crippen LogP contribution in [0.3, 0.4) is 0 Å². The summed E-state index contributed by atoms with van der Waals surface area (Å²) in [7, 11) is 0. The van der Waals surface area contributed by atoms with E-state index in [1.54, 1.807) is 0 Å². The second-order valence-corrected chi connectivity index (χ2v) is 8.00. The van der Waals surface area contributed by atoms with Gasteiger partial charge in [-0.15, -0.1) is 5.10 Å². The molecular formula is C17H23BrN4O2. The summed E-state index contributed by atoms with van der Waals surface area (Å²) in [6, 6.07) is 0.338. The van der Waals surface area contributed by atoms with Gasteiger partial charge in [0.1, 0.15) is 4.60 Å². The van der Waals surface area contributed by atoms with Gasteiger partial charge in [0.15, 0.2) is 17.2 Å². The average Bonchev–Trinajstić information content (AvgIpc) is 2.85. The first-order valence-electron chi connectivity index (χ1n) is 8.64. The number of aliphatic hydroxyl groups is 1. The van der Waals surface area contributed by atoms with E-state index in [4.69, 9.17) is 9.84 Å². The molecular weight excluding hydrogens is 372 g/mol. The Balaban J connectivity index is 1.71. The molecule has 0 bridgehead atoms. The number of aromatic nitrogens is 3. The van der Waals surface area contributed by atoms with Crippen LogP contribution >= 0.6 is 15.9 Å². The highest BCUT2D eigenvalue weighted by Gasteiger charge is 2.30. The van der Waals surface area contributed by atoms with Crippen molar-refractivity contribution in [2.75, 3.05) is 11.9 Å². The average molecular weight is 395 g/mol. The van der Waals surface area contributed by atoms with Gasteiger partial charge < -0.3 is 15.2 Å². The highest BCUT2D eigenvalue weighted by molar-refractivity contribution is 9.10. The molecule has 0 spiro atoms. The molecule has 2 aromatic rings. The number of ether oxygens (including phenoxy) is 1. The Labute approximate surface area is 149 Å². The third-order valence-electron chi connectivity index (χ3n) is 5.14. The number of nitrogens with one attached hydrogen (secondary N) is 1. The first-order valence-corrected chi connectivity index (χ1v) is 9.43. The number of halogens is 1. The fourth-order valence-corrected chi connectivity index (χ4v) is 3.98. The highest BCUT2D eigenvalue weighted by Crippen LogP contribution is 2.37. The molecule has 1 aliphatic carbocycles. The summed E-state index contributed by atoms with van der Waals surface area (Å²) in [4.78, 5) is 4.60. The van der Waals surface area contributed by atoms with Crippen molar-refractivity contribution >= 4 is 27.4 Å². The van der Waals surface area contributed by atoms with Gasteiger partial charge in [0.05, 0.1) is 17.9 Å². The van der Waals surface area contributed by atoms with Crippen LogP contribution in [0.5, 0.6) is 5.75 Å². The first-order chi connectivity index (χ1) is 11.4. The molecule has 1 fully saturated rings. The molecule has 4 rings (SSSR count). The molecule has 0 unspecified atom stereocenters. The molecule has 0 saturated heterocycles. The Bertz CT molecular complexity index is 777. The van der Waals surface area contributed by atoms with Crippen LogP contribution in [0.1, 0.15) is 50.3 Å². The van der Waals surface area contributed by atoms with E-state index in [-0.39, 0.29) is 0 Å². The van der Waals surface area contributed by atoms with Gasteiger partial charge in [0.25, 0.3) is 0 Å². The fourth-order valence-electron chi connectivity index (χ4n) is 3.64. The second kappa shape index (κ2) is 5.88. The summed E-state index contributed by atoms with van der Waals surface area (Å²) in [5, 5.41) is 18.5. The van der Waals surface area contributed by atoms with Crippen molar-refractivity contribution in [1.82, 2.24) is 14.6 Å². The van der Waals surface area contributed by atoms with Gasteiger partial charge in [-0.25, -0.2) is 9.50 Å². The molecule has 2 N–H and O–H groups in total. The number of hydrogen-bond acceptors (Lipinski definition) is 5. The molecule has 7 heteroatoms. The molecule has 2 aliphatic rings. The number of anilines is 1. The monoisotopic (exact) mass is 394 g/mol. The number of hydrogen-bond donors (Lipinski definition) is 2. The maximum absolute atomic E-state index is 10.1. The summed E-state index contributed by atoms with van der Waals surface area (Å²) in [5.41, 5.74) is 2.29. The zero-order valence-electron chi connectivity index (χ0n) is 14.1. The van der Waals surface area contributed by atoms with Gasteiger partial charge in [-0.2, -0.15) is 0 Å². The second-order valence-electron chi connectivity index (χ2n) is 7.25.